The van der Waals surface area contributed by atoms with E-state index in [9.17, 15) is 0 Å². The molecule has 0 radical (unpaired) electrons. The monoisotopic (exact) mass is 506 g/mol. The number of aryl methyl sites for hydroxylation is 2. The molecule has 0 fully saturated rings. The third-order valence-corrected chi connectivity index (χ3v) is 7.34. The molecule has 2 heteroatoms. The Bertz CT molecular complexity index is 1780. The second-order valence-corrected chi connectivity index (χ2v) is 10.1. The van der Waals surface area contributed by atoms with Gasteiger partial charge in [0.1, 0.15) is 0 Å². The van der Waals surface area contributed by atoms with Gasteiger partial charge in [-0.15, -0.1) is 0 Å². The van der Waals surface area contributed by atoms with Gasteiger partial charge in [-0.1, -0.05) is 98.0 Å². The summed E-state index contributed by atoms with van der Waals surface area (Å²) in [5.74, 6) is 0. The lowest BCUT2D eigenvalue weighted by Gasteiger charge is -2.11. The molecule has 5 rings (SSSR count). The molecule has 3 aromatic carbocycles. The normalized spacial score (nSPS) is 12.3. The highest BCUT2D eigenvalue weighted by Crippen LogP contribution is 2.31. The first-order chi connectivity index (χ1) is 19.0. The average molecular weight is 507 g/mol. The maximum atomic E-state index is 5.11. The van der Waals surface area contributed by atoms with Crippen LogP contribution in [0, 0.1) is 13.8 Å². The highest BCUT2D eigenvalue weighted by molar-refractivity contribution is 5.93. The summed E-state index contributed by atoms with van der Waals surface area (Å²) in [6.45, 7) is 12.5. The van der Waals surface area contributed by atoms with Gasteiger partial charge in [0.25, 0.3) is 0 Å². The number of rotatable bonds is 7. The lowest BCUT2D eigenvalue weighted by Crippen LogP contribution is -1.92. The molecule has 0 saturated carbocycles. The van der Waals surface area contributed by atoms with Gasteiger partial charge < -0.3 is 0 Å². The summed E-state index contributed by atoms with van der Waals surface area (Å²) >= 11 is 0. The third-order valence-electron chi connectivity index (χ3n) is 7.34. The summed E-state index contributed by atoms with van der Waals surface area (Å²) in [5, 5.41) is 2.29. The van der Waals surface area contributed by atoms with E-state index in [2.05, 4.69) is 125 Å². The van der Waals surface area contributed by atoms with Gasteiger partial charge in [0.05, 0.1) is 16.7 Å². The highest BCUT2D eigenvalue weighted by Gasteiger charge is 2.10. The summed E-state index contributed by atoms with van der Waals surface area (Å²) < 4.78 is 0. The van der Waals surface area contributed by atoms with Crippen LogP contribution in [0.1, 0.15) is 42.5 Å². The minimum atomic E-state index is 0.953. The van der Waals surface area contributed by atoms with E-state index in [0.717, 1.165) is 56.2 Å². The summed E-state index contributed by atoms with van der Waals surface area (Å²) in [6, 6.07) is 23.7. The first-order valence-electron chi connectivity index (χ1n) is 13.5. The van der Waals surface area contributed by atoms with Gasteiger partial charge in [-0.05, 0) is 73.7 Å². The fourth-order valence-electron chi connectivity index (χ4n) is 4.84. The molecule has 0 saturated heterocycles. The molecule has 0 aliphatic carbocycles. The molecule has 0 bridgehead atoms. The van der Waals surface area contributed by atoms with Crippen molar-refractivity contribution in [3.05, 3.63) is 132 Å². The Hall–Kier alpha value is -4.56. The van der Waals surface area contributed by atoms with Gasteiger partial charge in [0, 0.05) is 33.7 Å². The van der Waals surface area contributed by atoms with Gasteiger partial charge in [0.15, 0.2) is 0 Å². The third kappa shape index (κ3) is 5.51. The van der Waals surface area contributed by atoms with E-state index in [-0.39, 0.29) is 0 Å². The molecule has 0 amide bonds. The van der Waals surface area contributed by atoms with E-state index >= 15 is 0 Å². The van der Waals surface area contributed by atoms with Crippen LogP contribution < -0.4 is 0 Å². The Morgan fingerprint density at radius 1 is 0.821 bits per heavy atom. The van der Waals surface area contributed by atoms with Crippen LogP contribution in [0.25, 0.3) is 56.3 Å². The zero-order valence-corrected chi connectivity index (χ0v) is 23.2. The Balaban J connectivity index is 1.58. The lowest BCUT2D eigenvalue weighted by atomic mass is 9.97. The summed E-state index contributed by atoms with van der Waals surface area (Å²) in [4.78, 5) is 9.94. The molecule has 0 spiro atoms. The van der Waals surface area contributed by atoms with Crippen molar-refractivity contribution in [3.8, 4) is 22.4 Å². The van der Waals surface area contributed by atoms with Gasteiger partial charge >= 0.3 is 0 Å². The van der Waals surface area contributed by atoms with Crippen molar-refractivity contribution >= 4 is 34.0 Å². The number of benzene rings is 3. The molecule has 0 aliphatic rings. The number of nitrogens with zero attached hydrogens (tertiary/aromatic N) is 2. The molecule has 0 N–H and O–H groups in total. The number of pyridine rings is 2. The zero-order chi connectivity index (χ0) is 27.4. The second kappa shape index (κ2) is 11.4. The molecule has 2 heterocycles. The van der Waals surface area contributed by atoms with E-state index in [1.165, 1.54) is 22.3 Å². The van der Waals surface area contributed by atoms with Crippen LogP contribution >= 0.6 is 0 Å². The standard InChI is InChI=1S/C37H34N2/c1-6-8-14-33-27(5)16-18-28-19-21-35(39-37(28)33)30-13-10-12-29(22-30)31-23-34-32(15-9-11-25(3)7-2)26(4)17-20-36(34)38-24-31/h6,8-24H,1,7H2,2-5H3/b14-8-,15-9-,25-11+. The summed E-state index contributed by atoms with van der Waals surface area (Å²) in [7, 11) is 0. The largest absolute Gasteiger partial charge is 0.256 e. The SMILES string of the molecule is C=C/C=C\c1c(C)ccc2ccc(-c3cccc(-c4cnc5ccc(C)c(/C=C\C=C(/C)CC)c5c4)c3)nc12. The maximum absolute atomic E-state index is 5.11. The van der Waals surface area contributed by atoms with E-state index in [0.29, 0.717) is 0 Å². The molecule has 0 unspecified atom stereocenters. The predicted molar refractivity (Wildman–Crippen MR) is 170 cm³/mol. The Morgan fingerprint density at radius 3 is 2.38 bits per heavy atom. The van der Waals surface area contributed by atoms with Crippen molar-refractivity contribution in [3.63, 3.8) is 0 Å². The second-order valence-electron chi connectivity index (χ2n) is 10.1. The van der Waals surface area contributed by atoms with Gasteiger partial charge in [-0.2, -0.15) is 0 Å². The first-order valence-corrected chi connectivity index (χ1v) is 13.5. The van der Waals surface area contributed by atoms with E-state index in [4.69, 9.17) is 9.97 Å². The number of allylic oxidation sites excluding steroid dienone is 5. The molecule has 5 aromatic rings. The van der Waals surface area contributed by atoms with E-state index in [1.54, 1.807) is 6.08 Å². The predicted octanol–water partition coefficient (Wildman–Crippen LogP) is 10.3. The van der Waals surface area contributed by atoms with Crippen LogP contribution in [0.3, 0.4) is 0 Å². The van der Waals surface area contributed by atoms with Gasteiger partial charge in [-0.25, -0.2) is 4.98 Å². The van der Waals surface area contributed by atoms with E-state index < -0.39 is 0 Å². The summed E-state index contributed by atoms with van der Waals surface area (Å²) in [5.41, 5.74) is 12.4. The van der Waals surface area contributed by atoms with Crippen molar-refractivity contribution in [2.24, 2.45) is 0 Å². The van der Waals surface area contributed by atoms with Crippen molar-refractivity contribution in [1.29, 1.82) is 0 Å². The highest BCUT2D eigenvalue weighted by atomic mass is 14.7. The van der Waals surface area contributed by atoms with Crippen LogP contribution in [0.5, 0.6) is 0 Å². The van der Waals surface area contributed by atoms with Crippen LogP contribution in [-0.4, -0.2) is 9.97 Å². The number of aromatic nitrogens is 2. The van der Waals surface area contributed by atoms with Crippen LogP contribution in [0.15, 0.2) is 109 Å². The molecule has 0 atom stereocenters. The van der Waals surface area contributed by atoms with Crippen LogP contribution in [0.4, 0.5) is 0 Å². The van der Waals surface area contributed by atoms with Crippen molar-refractivity contribution in [2.75, 3.05) is 0 Å². The number of hydrogen-bond donors (Lipinski definition) is 0. The molecule has 2 nitrogen and oxygen atoms in total. The number of hydrogen-bond acceptors (Lipinski definition) is 2. The van der Waals surface area contributed by atoms with Gasteiger partial charge in [0.2, 0.25) is 0 Å². The van der Waals surface area contributed by atoms with E-state index in [1.807, 2.05) is 12.3 Å². The van der Waals surface area contributed by atoms with Gasteiger partial charge in [-0.3, -0.25) is 4.98 Å². The first kappa shape index (κ1) is 26.1. The fraction of sp³-hybridized carbons (Fsp3) is 0.135. The molecule has 192 valence electrons. The fourth-order valence-corrected chi connectivity index (χ4v) is 4.84. The lowest BCUT2D eigenvalue weighted by molar-refractivity contribution is 1.10. The molecule has 39 heavy (non-hydrogen) atoms. The molecular weight excluding hydrogens is 472 g/mol. The zero-order valence-electron chi connectivity index (χ0n) is 23.2. The Morgan fingerprint density at radius 2 is 1.56 bits per heavy atom. The Labute approximate surface area is 231 Å². The Kier molecular flexibility index (Phi) is 7.65. The minimum absolute atomic E-state index is 0.953. The summed E-state index contributed by atoms with van der Waals surface area (Å²) in [6.07, 6.45) is 15.4. The number of fused-ring (bicyclic) bond motifs is 2. The quantitative estimate of drug-likeness (QED) is 0.205. The van der Waals surface area contributed by atoms with Crippen molar-refractivity contribution in [2.45, 2.75) is 34.1 Å². The average Bonchev–Trinajstić information content (AvgIpc) is 2.97. The van der Waals surface area contributed by atoms with Crippen LogP contribution in [0.2, 0.25) is 0 Å². The molecule has 2 aromatic heterocycles. The van der Waals surface area contributed by atoms with Crippen molar-refractivity contribution < 1.29 is 0 Å². The smallest absolute Gasteiger partial charge is 0.0784 e. The van der Waals surface area contributed by atoms with Crippen LogP contribution in [-0.2, 0) is 0 Å². The molecule has 0 aliphatic heterocycles. The molecular formula is C37H34N2. The van der Waals surface area contributed by atoms with Crippen molar-refractivity contribution in [1.82, 2.24) is 9.97 Å². The maximum Gasteiger partial charge on any atom is 0.0784 e. The topological polar surface area (TPSA) is 25.8 Å². The minimum Gasteiger partial charge on any atom is -0.256 e.